The van der Waals surface area contributed by atoms with E-state index in [4.69, 9.17) is 16.7 Å². The first-order valence-corrected chi connectivity index (χ1v) is 8.75. The van der Waals surface area contributed by atoms with Crippen LogP contribution in [0.15, 0.2) is 53.6 Å². The highest BCUT2D eigenvalue weighted by molar-refractivity contribution is 6.02. The van der Waals surface area contributed by atoms with Gasteiger partial charge in [-0.05, 0) is 43.3 Å². The summed E-state index contributed by atoms with van der Waals surface area (Å²) >= 11 is 0. The van der Waals surface area contributed by atoms with Gasteiger partial charge in [-0.3, -0.25) is 0 Å². The van der Waals surface area contributed by atoms with Crippen molar-refractivity contribution < 1.29 is 18.3 Å². The van der Waals surface area contributed by atoms with E-state index in [2.05, 4.69) is 10.4 Å². The highest BCUT2D eigenvalue weighted by Crippen LogP contribution is 2.30. The van der Waals surface area contributed by atoms with Gasteiger partial charge in [0, 0.05) is 16.9 Å². The van der Waals surface area contributed by atoms with Gasteiger partial charge in [-0.2, -0.15) is 13.2 Å². The quantitative estimate of drug-likeness (QED) is 0.258. The number of halogens is 3. The second kappa shape index (κ2) is 10.5. The van der Waals surface area contributed by atoms with Crippen LogP contribution < -0.4 is 16.9 Å². The predicted octanol–water partition coefficient (Wildman–Crippen LogP) is 3.65. The molecule has 2 rings (SSSR count). The lowest BCUT2D eigenvalue weighted by Gasteiger charge is -2.20. The van der Waals surface area contributed by atoms with Crippen molar-refractivity contribution in [2.45, 2.75) is 33.0 Å². The molecule has 2 aromatic carbocycles. The molecule has 6 nitrogen and oxygen atoms in total. The van der Waals surface area contributed by atoms with Crippen molar-refractivity contribution in [3.63, 3.8) is 0 Å². The number of hydrazone groups is 1. The van der Waals surface area contributed by atoms with E-state index in [0.717, 1.165) is 17.3 Å². The normalized spacial score (nSPS) is 12.6. The lowest BCUT2D eigenvalue weighted by molar-refractivity contribution is -0.137. The topological polar surface area (TPSA) is 99.9 Å². The van der Waals surface area contributed by atoms with E-state index in [1.807, 2.05) is 13.8 Å². The van der Waals surface area contributed by atoms with Crippen LogP contribution in [-0.4, -0.2) is 28.7 Å². The van der Waals surface area contributed by atoms with Crippen molar-refractivity contribution in [1.82, 2.24) is 5.12 Å². The lowest BCUT2D eigenvalue weighted by Crippen LogP contribution is -2.39. The largest absolute Gasteiger partial charge is 0.416 e. The number of rotatable bonds is 6. The Hall–Kier alpha value is -2.78. The van der Waals surface area contributed by atoms with Gasteiger partial charge in [0.1, 0.15) is 0 Å². The molecule has 2 aromatic rings. The van der Waals surface area contributed by atoms with Crippen LogP contribution in [0.5, 0.6) is 0 Å². The van der Waals surface area contributed by atoms with E-state index >= 15 is 0 Å². The summed E-state index contributed by atoms with van der Waals surface area (Å²) in [4.78, 5) is 0. The van der Waals surface area contributed by atoms with Gasteiger partial charge < -0.3 is 16.2 Å². The summed E-state index contributed by atoms with van der Waals surface area (Å²) in [5, 5.41) is 17.2. The Morgan fingerprint density at radius 1 is 1.14 bits per heavy atom. The van der Waals surface area contributed by atoms with Crippen molar-refractivity contribution in [2.24, 2.45) is 16.7 Å². The number of alkyl halides is 3. The van der Waals surface area contributed by atoms with Gasteiger partial charge in [-0.1, -0.05) is 26.0 Å². The molecule has 0 fully saturated rings. The molecule has 0 spiro atoms. The first-order chi connectivity index (χ1) is 13.2. The third-order valence-electron chi connectivity index (χ3n) is 3.63. The van der Waals surface area contributed by atoms with Crippen molar-refractivity contribution in [2.75, 3.05) is 11.9 Å². The zero-order valence-electron chi connectivity index (χ0n) is 16.0. The second-order valence-corrected chi connectivity index (χ2v) is 5.64. The number of hydrazine groups is 1. The first-order valence-electron chi connectivity index (χ1n) is 8.75. The Balaban J connectivity index is 0.00000190. The summed E-state index contributed by atoms with van der Waals surface area (Å²) < 4.78 is 37.9. The van der Waals surface area contributed by atoms with Crippen molar-refractivity contribution in [1.29, 1.82) is 0 Å². The summed E-state index contributed by atoms with van der Waals surface area (Å²) in [5.41, 5.74) is 6.79. The van der Waals surface area contributed by atoms with Crippen LogP contribution in [0.3, 0.4) is 0 Å². The Kier molecular flexibility index (Phi) is 8.75. The molecule has 0 saturated heterocycles. The van der Waals surface area contributed by atoms with Crippen molar-refractivity contribution in [3.05, 3.63) is 59.7 Å². The number of hydrogen-bond acceptors (Lipinski definition) is 5. The minimum absolute atomic E-state index is 0.0998. The maximum absolute atomic E-state index is 12.6. The van der Waals surface area contributed by atoms with Gasteiger partial charge in [-0.15, -0.1) is 5.10 Å². The molecule has 0 aliphatic carbocycles. The van der Waals surface area contributed by atoms with Gasteiger partial charge in [0.25, 0.3) is 0 Å². The van der Waals surface area contributed by atoms with Gasteiger partial charge in [-0.25, -0.2) is 11.0 Å². The molecule has 28 heavy (non-hydrogen) atoms. The summed E-state index contributed by atoms with van der Waals surface area (Å²) in [6.45, 7) is 5.47. The number of aliphatic hydroxyl groups is 1. The van der Waals surface area contributed by atoms with Crippen LogP contribution in [0.2, 0.25) is 0 Å². The zero-order valence-corrected chi connectivity index (χ0v) is 16.0. The molecule has 0 aliphatic rings. The number of hydrogen-bond donors (Lipinski definition) is 4. The summed E-state index contributed by atoms with van der Waals surface area (Å²) in [7, 11) is 0. The number of anilines is 2. The molecule has 0 aliphatic heterocycles. The third kappa shape index (κ3) is 6.43. The minimum Gasteiger partial charge on any atom is -0.394 e. The Bertz CT molecular complexity index is 763. The van der Waals surface area contributed by atoms with E-state index in [1.165, 1.54) is 12.1 Å². The molecule has 154 valence electrons. The maximum atomic E-state index is 12.6. The number of nitrogens with one attached hydrogen (secondary N) is 1. The first kappa shape index (κ1) is 23.3. The Morgan fingerprint density at radius 2 is 1.71 bits per heavy atom. The lowest BCUT2D eigenvalue weighted by atomic mass is 10.1. The highest BCUT2D eigenvalue weighted by atomic mass is 19.4. The van der Waals surface area contributed by atoms with Gasteiger partial charge in [0.2, 0.25) is 0 Å². The zero-order chi connectivity index (χ0) is 21.3. The molecular formula is C19H26F3N5O. The maximum Gasteiger partial charge on any atom is 0.416 e. The molecule has 1 atom stereocenters. The van der Waals surface area contributed by atoms with Crippen LogP contribution in [0, 0.1) is 0 Å². The summed E-state index contributed by atoms with van der Waals surface area (Å²) in [6.07, 6.45) is -4.39. The molecular weight excluding hydrogens is 371 g/mol. The van der Waals surface area contributed by atoms with Crippen LogP contribution in [0.25, 0.3) is 0 Å². The van der Waals surface area contributed by atoms with Gasteiger partial charge >= 0.3 is 6.18 Å². The minimum atomic E-state index is -4.39. The highest BCUT2D eigenvalue weighted by Gasteiger charge is 2.29. The number of amidine groups is 1. The number of benzene rings is 2. The average Bonchev–Trinajstić information content (AvgIpc) is 2.69. The molecule has 0 saturated carbocycles. The molecule has 0 amide bonds. The van der Waals surface area contributed by atoms with Crippen molar-refractivity contribution >= 4 is 17.2 Å². The SMILES string of the molecule is CC.CC(CO)N(N)/N=C(\N)c1ccccc1Nc1ccc(C(F)(F)F)cc1. The fourth-order valence-electron chi connectivity index (χ4n) is 2.07. The monoisotopic (exact) mass is 397 g/mol. The third-order valence-corrected chi connectivity index (χ3v) is 3.63. The van der Waals surface area contributed by atoms with Gasteiger partial charge in [0.05, 0.1) is 18.2 Å². The van der Waals surface area contributed by atoms with Crippen molar-refractivity contribution in [3.8, 4) is 0 Å². The van der Waals surface area contributed by atoms with Crippen LogP contribution in [0.1, 0.15) is 31.9 Å². The standard InChI is InChI=1S/C17H20F3N5O.C2H6/c1-11(10-26)25(22)24-16(21)14-4-2-3-5-15(14)23-13-8-6-12(7-9-13)17(18,19)20;1-2/h2-9,11,23,26H,10,22H2,1H3,(H2,21,24);1-2H3. The summed E-state index contributed by atoms with van der Waals surface area (Å²) in [6, 6.07) is 11.1. The molecule has 0 aromatic heterocycles. The predicted molar refractivity (Wildman–Crippen MR) is 106 cm³/mol. The Labute approximate surface area is 162 Å². The average molecular weight is 397 g/mol. The van der Waals surface area contributed by atoms with E-state index in [9.17, 15) is 13.2 Å². The fraction of sp³-hybridized carbons (Fsp3) is 0.316. The molecule has 1 unspecified atom stereocenters. The van der Waals surface area contributed by atoms with E-state index < -0.39 is 17.8 Å². The molecule has 0 heterocycles. The summed E-state index contributed by atoms with van der Waals surface area (Å²) in [5.74, 6) is 5.80. The van der Waals surface area contributed by atoms with Crippen LogP contribution >= 0.6 is 0 Å². The number of nitrogens with zero attached hydrogens (tertiary/aromatic N) is 2. The molecule has 9 heteroatoms. The van der Waals surface area contributed by atoms with E-state index in [1.54, 1.807) is 31.2 Å². The number of para-hydroxylation sites is 1. The number of nitrogens with two attached hydrogens (primary N) is 2. The van der Waals surface area contributed by atoms with E-state index in [0.29, 0.717) is 16.9 Å². The smallest absolute Gasteiger partial charge is 0.394 e. The molecule has 6 N–H and O–H groups in total. The van der Waals surface area contributed by atoms with E-state index in [-0.39, 0.29) is 12.4 Å². The fourth-order valence-corrected chi connectivity index (χ4v) is 2.07. The van der Waals surface area contributed by atoms with Crippen LogP contribution in [-0.2, 0) is 6.18 Å². The molecule has 0 radical (unpaired) electrons. The second-order valence-electron chi connectivity index (χ2n) is 5.64. The van der Waals surface area contributed by atoms with Crippen LogP contribution in [0.4, 0.5) is 24.5 Å². The molecule has 0 bridgehead atoms. The number of aliphatic hydroxyl groups excluding tert-OH is 1. The Morgan fingerprint density at radius 3 is 2.25 bits per heavy atom. The van der Waals surface area contributed by atoms with Gasteiger partial charge in [0.15, 0.2) is 5.84 Å².